The summed E-state index contributed by atoms with van der Waals surface area (Å²) in [7, 11) is -1.82. The first-order valence-electron chi connectivity index (χ1n) is 9.29. The molecule has 0 atom stereocenters. The van der Waals surface area contributed by atoms with Crippen LogP contribution in [-0.2, 0) is 9.22 Å². The van der Waals surface area contributed by atoms with Gasteiger partial charge in [0.1, 0.15) is 0 Å². The van der Waals surface area contributed by atoms with Crippen molar-refractivity contribution in [2.75, 3.05) is 0 Å². The minimum absolute atomic E-state index is 0.0418. The van der Waals surface area contributed by atoms with E-state index in [9.17, 15) is 4.79 Å². The number of carbonyl (C=O) groups excluding carboxylic acids is 1. The van der Waals surface area contributed by atoms with E-state index in [0.29, 0.717) is 0 Å². The van der Waals surface area contributed by atoms with Gasteiger partial charge in [-0.3, -0.25) is 4.79 Å². The summed E-state index contributed by atoms with van der Waals surface area (Å²) in [6, 6.07) is 3.55. The molecule has 126 valence electrons. The van der Waals surface area contributed by atoms with Crippen LogP contribution in [-0.4, -0.2) is 14.3 Å². The summed E-state index contributed by atoms with van der Waals surface area (Å²) >= 11 is 0. The van der Waals surface area contributed by atoms with E-state index in [1.807, 2.05) is 0 Å². The predicted octanol–water partition coefficient (Wildman–Crippen LogP) is 6.46. The lowest BCUT2D eigenvalue weighted by Gasteiger charge is -2.31. The van der Waals surface area contributed by atoms with E-state index in [0.717, 1.165) is 0 Å². The van der Waals surface area contributed by atoms with Gasteiger partial charge >= 0.3 is 0 Å². The molecular formula is C18H38O2Si. The highest BCUT2D eigenvalue weighted by Gasteiger charge is 2.35. The maximum atomic E-state index is 11.6. The van der Waals surface area contributed by atoms with E-state index in [2.05, 4.69) is 20.8 Å². The second-order valence-electron chi connectivity index (χ2n) is 6.50. The molecular weight excluding hydrogens is 276 g/mol. The molecule has 0 rings (SSSR count). The highest BCUT2D eigenvalue weighted by atomic mass is 28.4. The molecule has 2 nitrogen and oxygen atoms in total. The molecule has 0 fully saturated rings. The first-order valence-corrected chi connectivity index (χ1v) is 11.8. The van der Waals surface area contributed by atoms with Crippen molar-refractivity contribution in [1.29, 1.82) is 0 Å². The van der Waals surface area contributed by atoms with Gasteiger partial charge in [-0.2, -0.15) is 0 Å². The first-order chi connectivity index (χ1) is 10.1. The van der Waals surface area contributed by atoms with Gasteiger partial charge in [0.25, 0.3) is 14.3 Å². The summed E-state index contributed by atoms with van der Waals surface area (Å²) in [6.45, 7) is 8.32. The molecule has 3 heteroatoms. The van der Waals surface area contributed by atoms with Crippen molar-refractivity contribution in [3.8, 4) is 0 Å². The van der Waals surface area contributed by atoms with Crippen molar-refractivity contribution in [2.24, 2.45) is 0 Å². The van der Waals surface area contributed by atoms with Crippen molar-refractivity contribution < 1.29 is 9.22 Å². The molecule has 0 radical (unpaired) electrons. The van der Waals surface area contributed by atoms with Crippen LogP contribution in [0, 0.1) is 0 Å². The molecule has 0 heterocycles. The van der Waals surface area contributed by atoms with E-state index in [-0.39, 0.29) is 5.97 Å². The Morgan fingerprint density at radius 2 is 1.14 bits per heavy atom. The topological polar surface area (TPSA) is 26.3 Å². The van der Waals surface area contributed by atoms with Gasteiger partial charge in [-0.25, -0.2) is 0 Å². The molecule has 0 aromatic rings. The van der Waals surface area contributed by atoms with Gasteiger partial charge < -0.3 is 4.43 Å². The zero-order valence-corrected chi connectivity index (χ0v) is 16.0. The molecule has 0 amide bonds. The fraction of sp³-hybridized carbons (Fsp3) is 0.944. The zero-order valence-electron chi connectivity index (χ0n) is 15.0. The molecule has 0 aliphatic carbocycles. The first kappa shape index (κ1) is 20.7. The minimum atomic E-state index is -1.82. The molecule has 0 saturated carbocycles. The maximum Gasteiger partial charge on any atom is 0.289 e. The highest BCUT2D eigenvalue weighted by Crippen LogP contribution is 2.30. The van der Waals surface area contributed by atoms with Crippen LogP contribution in [0.5, 0.6) is 0 Å². The van der Waals surface area contributed by atoms with Crippen LogP contribution in [0.25, 0.3) is 0 Å². The summed E-state index contributed by atoms with van der Waals surface area (Å²) in [5.41, 5.74) is 0. The van der Waals surface area contributed by atoms with Crippen molar-refractivity contribution in [2.45, 2.75) is 110 Å². The van der Waals surface area contributed by atoms with Crippen LogP contribution in [0.3, 0.4) is 0 Å². The minimum Gasteiger partial charge on any atom is -0.519 e. The number of hydrogen-bond acceptors (Lipinski definition) is 2. The van der Waals surface area contributed by atoms with Crippen LogP contribution < -0.4 is 0 Å². The molecule has 0 unspecified atom stereocenters. The van der Waals surface area contributed by atoms with E-state index in [1.165, 1.54) is 82.3 Å². The van der Waals surface area contributed by atoms with Crippen molar-refractivity contribution in [3.05, 3.63) is 0 Å². The molecule has 0 saturated heterocycles. The Labute approximate surface area is 134 Å². The summed E-state index contributed by atoms with van der Waals surface area (Å²) in [5.74, 6) is -0.0418. The van der Waals surface area contributed by atoms with Gasteiger partial charge in [0.15, 0.2) is 0 Å². The molecule has 0 N–H and O–H groups in total. The van der Waals surface area contributed by atoms with Gasteiger partial charge in [0.05, 0.1) is 0 Å². The quantitative estimate of drug-likeness (QED) is 0.272. The Hall–Kier alpha value is -0.313. The lowest BCUT2D eigenvalue weighted by molar-refractivity contribution is -0.132. The highest BCUT2D eigenvalue weighted by molar-refractivity contribution is 6.75. The van der Waals surface area contributed by atoms with Crippen molar-refractivity contribution in [3.63, 3.8) is 0 Å². The number of carbonyl (C=O) groups is 1. The third kappa shape index (κ3) is 11.0. The fourth-order valence-electron chi connectivity index (χ4n) is 3.06. The van der Waals surface area contributed by atoms with E-state index < -0.39 is 8.32 Å². The molecule has 0 aliphatic heterocycles. The Kier molecular flexibility index (Phi) is 13.2. The van der Waals surface area contributed by atoms with Gasteiger partial charge in [0.2, 0.25) is 0 Å². The maximum absolute atomic E-state index is 11.6. The lowest BCUT2D eigenvalue weighted by atomic mass is 10.1. The Morgan fingerprint density at radius 3 is 1.62 bits per heavy atom. The van der Waals surface area contributed by atoms with Gasteiger partial charge in [-0.15, -0.1) is 0 Å². The van der Waals surface area contributed by atoms with Gasteiger partial charge in [-0.05, 0) is 18.1 Å². The van der Waals surface area contributed by atoms with Gasteiger partial charge in [-0.1, -0.05) is 85.0 Å². The van der Waals surface area contributed by atoms with E-state index in [4.69, 9.17) is 4.43 Å². The lowest BCUT2D eigenvalue weighted by Crippen LogP contribution is -2.39. The summed E-state index contributed by atoms with van der Waals surface area (Å²) < 4.78 is 5.97. The average molecular weight is 315 g/mol. The Bertz CT molecular complexity index is 246. The normalized spacial score (nSPS) is 11.6. The smallest absolute Gasteiger partial charge is 0.289 e. The van der Waals surface area contributed by atoms with Crippen LogP contribution in [0.2, 0.25) is 18.1 Å². The Balaban J connectivity index is 4.38. The SMILES string of the molecule is CCCCCCCC[Si](CCCC)(CCCC)OC(C)=O. The third-order valence-corrected chi connectivity index (χ3v) is 8.83. The van der Waals surface area contributed by atoms with Gasteiger partial charge in [0, 0.05) is 6.92 Å². The number of hydrogen-bond donors (Lipinski definition) is 0. The van der Waals surface area contributed by atoms with Crippen LogP contribution >= 0.6 is 0 Å². The molecule has 21 heavy (non-hydrogen) atoms. The van der Waals surface area contributed by atoms with Crippen molar-refractivity contribution >= 4 is 14.3 Å². The number of unbranched alkanes of at least 4 members (excludes halogenated alkanes) is 7. The standard InChI is InChI=1S/C18H38O2Si/c1-5-8-11-12-13-14-17-21(15-9-6-2,16-10-7-3)20-18(4)19/h5-17H2,1-4H3. The summed E-state index contributed by atoms with van der Waals surface area (Å²) in [5, 5.41) is 0. The third-order valence-electron chi connectivity index (χ3n) is 4.32. The van der Waals surface area contributed by atoms with Crippen LogP contribution in [0.1, 0.15) is 91.9 Å². The molecule has 0 spiro atoms. The number of rotatable bonds is 14. The average Bonchev–Trinajstić information content (AvgIpc) is 2.46. The second-order valence-corrected chi connectivity index (χ2v) is 10.6. The molecule has 0 aromatic heterocycles. The zero-order chi connectivity index (χ0) is 16.0. The van der Waals surface area contributed by atoms with Crippen LogP contribution in [0.15, 0.2) is 0 Å². The fourth-order valence-corrected chi connectivity index (χ4v) is 7.61. The monoisotopic (exact) mass is 314 g/mol. The predicted molar refractivity (Wildman–Crippen MR) is 95.1 cm³/mol. The summed E-state index contributed by atoms with van der Waals surface area (Å²) in [6.07, 6.45) is 12.8. The molecule has 0 bridgehead atoms. The van der Waals surface area contributed by atoms with Crippen molar-refractivity contribution in [1.82, 2.24) is 0 Å². The van der Waals surface area contributed by atoms with E-state index in [1.54, 1.807) is 6.92 Å². The summed E-state index contributed by atoms with van der Waals surface area (Å²) in [4.78, 5) is 11.6. The molecule has 0 aromatic carbocycles. The Morgan fingerprint density at radius 1 is 0.714 bits per heavy atom. The van der Waals surface area contributed by atoms with E-state index >= 15 is 0 Å². The van der Waals surface area contributed by atoms with Crippen LogP contribution in [0.4, 0.5) is 0 Å². The second kappa shape index (κ2) is 13.4. The largest absolute Gasteiger partial charge is 0.519 e. The molecule has 0 aliphatic rings.